The van der Waals surface area contributed by atoms with Crippen LogP contribution in [0.3, 0.4) is 0 Å². The van der Waals surface area contributed by atoms with Gasteiger partial charge in [-0.05, 0) is 44.7 Å². The summed E-state index contributed by atoms with van der Waals surface area (Å²) in [7, 11) is 2.03. The second-order valence-electron chi connectivity index (χ2n) is 4.65. The molecule has 0 aromatic carbocycles. The lowest BCUT2D eigenvalue weighted by Crippen LogP contribution is -2.29. The standard InChI is InChI=1S/C14H22N4S/c1-3-18-14(16-11-17-18)10-12(15-2)6-4-7-13-8-5-9-19-13/h5,8-9,11-12,15H,3-4,6-7,10H2,1-2H3. The fourth-order valence-corrected chi connectivity index (χ4v) is 3.01. The third-order valence-electron chi connectivity index (χ3n) is 3.39. The van der Waals surface area contributed by atoms with Crippen molar-refractivity contribution in [3.63, 3.8) is 0 Å². The normalized spacial score (nSPS) is 12.7. The highest BCUT2D eigenvalue weighted by molar-refractivity contribution is 7.09. The van der Waals surface area contributed by atoms with Gasteiger partial charge in [0.25, 0.3) is 0 Å². The zero-order chi connectivity index (χ0) is 13.5. The van der Waals surface area contributed by atoms with Gasteiger partial charge in [-0.15, -0.1) is 11.3 Å². The van der Waals surface area contributed by atoms with Crippen LogP contribution in [0.25, 0.3) is 0 Å². The highest BCUT2D eigenvalue weighted by Gasteiger charge is 2.11. The zero-order valence-electron chi connectivity index (χ0n) is 11.7. The largest absolute Gasteiger partial charge is 0.317 e. The Balaban J connectivity index is 1.80. The molecule has 0 aliphatic heterocycles. The highest BCUT2D eigenvalue weighted by atomic mass is 32.1. The molecule has 2 rings (SSSR count). The smallest absolute Gasteiger partial charge is 0.138 e. The summed E-state index contributed by atoms with van der Waals surface area (Å²) < 4.78 is 1.98. The van der Waals surface area contributed by atoms with Gasteiger partial charge in [0, 0.05) is 23.9 Å². The number of thiophene rings is 1. The number of likely N-dealkylation sites (N-methyl/N-ethyl adjacent to an activating group) is 1. The van der Waals surface area contributed by atoms with Crippen molar-refractivity contribution in [2.75, 3.05) is 7.05 Å². The van der Waals surface area contributed by atoms with Gasteiger partial charge in [0.15, 0.2) is 0 Å². The molecular formula is C14H22N4S. The number of aromatic nitrogens is 3. The van der Waals surface area contributed by atoms with E-state index in [0.29, 0.717) is 6.04 Å². The van der Waals surface area contributed by atoms with Crippen molar-refractivity contribution in [3.8, 4) is 0 Å². The van der Waals surface area contributed by atoms with E-state index in [2.05, 4.69) is 39.8 Å². The van der Waals surface area contributed by atoms with E-state index in [1.807, 2.05) is 23.1 Å². The molecule has 0 amide bonds. The van der Waals surface area contributed by atoms with Crippen LogP contribution in [0.5, 0.6) is 0 Å². The molecule has 0 spiro atoms. The first-order valence-electron chi connectivity index (χ1n) is 6.89. The second-order valence-corrected chi connectivity index (χ2v) is 5.69. The fraction of sp³-hybridized carbons (Fsp3) is 0.571. The van der Waals surface area contributed by atoms with E-state index < -0.39 is 0 Å². The van der Waals surface area contributed by atoms with Crippen LogP contribution < -0.4 is 5.32 Å². The van der Waals surface area contributed by atoms with E-state index >= 15 is 0 Å². The summed E-state index contributed by atoms with van der Waals surface area (Å²) in [6.45, 7) is 2.99. The molecule has 1 unspecified atom stereocenters. The fourth-order valence-electron chi connectivity index (χ4n) is 2.26. The Labute approximate surface area is 118 Å². The first kappa shape index (κ1) is 14.2. The summed E-state index contributed by atoms with van der Waals surface area (Å²) in [6.07, 6.45) is 6.17. The maximum Gasteiger partial charge on any atom is 0.138 e. The highest BCUT2D eigenvalue weighted by Crippen LogP contribution is 2.14. The van der Waals surface area contributed by atoms with E-state index in [4.69, 9.17) is 0 Å². The van der Waals surface area contributed by atoms with Crippen LogP contribution in [0.15, 0.2) is 23.8 Å². The molecule has 2 aromatic heterocycles. The number of hydrogen-bond donors (Lipinski definition) is 1. The van der Waals surface area contributed by atoms with Gasteiger partial charge in [0.2, 0.25) is 0 Å². The van der Waals surface area contributed by atoms with Crippen molar-refractivity contribution in [2.45, 2.75) is 45.2 Å². The van der Waals surface area contributed by atoms with Gasteiger partial charge in [-0.3, -0.25) is 4.68 Å². The zero-order valence-corrected chi connectivity index (χ0v) is 12.5. The molecule has 0 saturated carbocycles. The minimum atomic E-state index is 0.481. The summed E-state index contributed by atoms with van der Waals surface area (Å²) >= 11 is 1.85. The van der Waals surface area contributed by atoms with Gasteiger partial charge in [-0.1, -0.05) is 6.07 Å². The lowest BCUT2D eigenvalue weighted by atomic mass is 10.1. The molecule has 0 radical (unpaired) electrons. The summed E-state index contributed by atoms with van der Waals surface area (Å²) in [4.78, 5) is 5.82. The van der Waals surface area contributed by atoms with Gasteiger partial charge in [0.1, 0.15) is 12.2 Å². The minimum Gasteiger partial charge on any atom is -0.317 e. The first-order chi connectivity index (χ1) is 9.33. The topological polar surface area (TPSA) is 42.7 Å². The number of nitrogens with zero attached hydrogens (tertiary/aromatic N) is 3. The number of hydrogen-bond acceptors (Lipinski definition) is 4. The predicted octanol–water partition coefficient (Wildman–Crippen LogP) is 2.51. The third kappa shape index (κ3) is 4.14. The molecule has 2 aromatic rings. The van der Waals surface area contributed by atoms with Gasteiger partial charge in [-0.25, -0.2) is 4.98 Å². The van der Waals surface area contributed by atoms with Crippen LogP contribution in [0.1, 0.15) is 30.5 Å². The molecule has 5 heteroatoms. The molecular weight excluding hydrogens is 256 g/mol. The van der Waals surface area contributed by atoms with Crippen LogP contribution >= 0.6 is 11.3 Å². The predicted molar refractivity (Wildman–Crippen MR) is 79.5 cm³/mol. The average Bonchev–Trinajstić information content (AvgIpc) is 3.08. The molecule has 19 heavy (non-hydrogen) atoms. The van der Waals surface area contributed by atoms with E-state index in [-0.39, 0.29) is 0 Å². The molecule has 0 bridgehead atoms. The van der Waals surface area contributed by atoms with Crippen molar-refractivity contribution in [3.05, 3.63) is 34.5 Å². The summed E-state index contributed by atoms with van der Waals surface area (Å²) in [5.74, 6) is 1.08. The maximum atomic E-state index is 4.35. The summed E-state index contributed by atoms with van der Waals surface area (Å²) in [6, 6.07) is 4.82. The monoisotopic (exact) mass is 278 g/mol. The molecule has 0 aliphatic rings. The van der Waals surface area contributed by atoms with Crippen LogP contribution in [0, 0.1) is 0 Å². The van der Waals surface area contributed by atoms with Gasteiger partial charge in [-0.2, -0.15) is 5.10 Å². The first-order valence-corrected chi connectivity index (χ1v) is 7.77. The molecule has 0 aliphatic carbocycles. The number of nitrogens with one attached hydrogen (secondary N) is 1. The van der Waals surface area contributed by atoms with Gasteiger partial charge in [0.05, 0.1) is 0 Å². The van der Waals surface area contributed by atoms with E-state index in [0.717, 1.165) is 18.8 Å². The van der Waals surface area contributed by atoms with Crippen molar-refractivity contribution >= 4 is 11.3 Å². The Bertz CT molecular complexity index is 464. The van der Waals surface area contributed by atoms with E-state index in [1.54, 1.807) is 6.33 Å². The average molecular weight is 278 g/mol. The molecule has 2 heterocycles. The Morgan fingerprint density at radius 3 is 3.05 bits per heavy atom. The van der Waals surface area contributed by atoms with Gasteiger partial charge >= 0.3 is 0 Å². The Kier molecular flexibility index (Phi) is 5.54. The Hall–Kier alpha value is -1.20. The van der Waals surface area contributed by atoms with Crippen molar-refractivity contribution in [1.82, 2.24) is 20.1 Å². The van der Waals surface area contributed by atoms with Crippen molar-refractivity contribution in [1.29, 1.82) is 0 Å². The maximum absolute atomic E-state index is 4.35. The SMILES string of the molecule is CCn1ncnc1CC(CCCc1cccs1)NC. The molecule has 1 N–H and O–H groups in total. The quantitative estimate of drug-likeness (QED) is 0.807. The lowest BCUT2D eigenvalue weighted by molar-refractivity contribution is 0.476. The Morgan fingerprint density at radius 1 is 1.47 bits per heavy atom. The van der Waals surface area contributed by atoms with Crippen molar-refractivity contribution in [2.24, 2.45) is 0 Å². The molecule has 0 saturated heterocycles. The van der Waals surface area contributed by atoms with E-state index in [9.17, 15) is 0 Å². The van der Waals surface area contributed by atoms with Crippen LogP contribution in [0.2, 0.25) is 0 Å². The molecule has 4 nitrogen and oxygen atoms in total. The second kappa shape index (κ2) is 7.40. The third-order valence-corrected chi connectivity index (χ3v) is 4.32. The molecule has 104 valence electrons. The molecule has 1 atom stereocenters. The van der Waals surface area contributed by atoms with E-state index in [1.165, 1.54) is 24.1 Å². The summed E-state index contributed by atoms with van der Waals surface area (Å²) in [5.41, 5.74) is 0. The van der Waals surface area contributed by atoms with Crippen molar-refractivity contribution < 1.29 is 0 Å². The van der Waals surface area contributed by atoms with Crippen LogP contribution in [-0.4, -0.2) is 27.9 Å². The van der Waals surface area contributed by atoms with Crippen LogP contribution in [-0.2, 0) is 19.4 Å². The number of rotatable bonds is 8. The minimum absolute atomic E-state index is 0.481. The van der Waals surface area contributed by atoms with Gasteiger partial charge < -0.3 is 5.32 Å². The Morgan fingerprint density at radius 2 is 2.37 bits per heavy atom. The summed E-state index contributed by atoms with van der Waals surface area (Å²) in [5, 5.41) is 9.76. The number of aryl methyl sites for hydroxylation is 2. The van der Waals surface area contributed by atoms with Crippen LogP contribution in [0.4, 0.5) is 0 Å². The lowest BCUT2D eigenvalue weighted by Gasteiger charge is -2.15. The molecule has 0 fully saturated rings.